The number of carboxylic acid groups (broad SMARTS) is 1. The Balaban J connectivity index is 1.73. The van der Waals surface area contributed by atoms with Gasteiger partial charge < -0.3 is 35.0 Å². The van der Waals surface area contributed by atoms with Crippen LogP contribution in [0.2, 0.25) is 0 Å². The van der Waals surface area contributed by atoms with Gasteiger partial charge in [-0.25, -0.2) is 4.79 Å². The number of aliphatic hydroxyl groups excluding tert-OH is 4. The van der Waals surface area contributed by atoms with E-state index >= 15 is 0 Å². The molecule has 0 bridgehead atoms. The zero-order valence-corrected chi connectivity index (χ0v) is 16.6. The van der Waals surface area contributed by atoms with Crippen molar-refractivity contribution in [1.29, 1.82) is 0 Å². The third-order valence-corrected chi connectivity index (χ3v) is 5.24. The second-order valence-electron chi connectivity index (χ2n) is 7.38. The van der Waals surface area contributed by atoms with Crippen LogP contribution in [0.3, 0.4) is 0 Å². The fourth-order valence-electron chi connectivity index (χ4n) is 3.33. The van der Waals surface area contributed by atoms with Crippen LogP contribution in [0.1, 0.15) is 35.6 Å². The van der Waals surface area contributed by atoms with E-state index in [1.807, 2.05) is 6.07 Å². The molecule has 0 aromatic heterocycles. The molecule has 1 aliphatic rings. The normalized spacial score (nSPS) is 27.8. The highest BCUT2D eigenvalue weighted by molar-refractivity contribution is 5.78. The number of ether oxygens (including phenoxy) is 2. The fraction of sp³-hybridized carbons (Fsp3) is 0.364. The Kier molecular flexibility index (Phi) is 7.04. The first-order valence-electron chi connectivity index (χ1n) is 9.66. The maximum absolute atomic E-state index is 12.6. The molecular formula is C22H24O9. The molecule has 1 aliphatic heterocycles. The third kappa shape index (κ3) is 4.92. The Morgan fingerprint density at radius 3 is 2.16 bits per heavy atom. The van der Waals surface area contributed by atoms with Crippen molar-refractivity contribution in [2.75, 3.05) is 0 Å². The zero-order chi connectivity index (χ0) is 22.7. The lowest BCUT2D eigenvalue weighted by Crippen LogP contribution is -2.60. The van der Waals surface area contributed by atoms with Gasteiger partial charge in [-0.3, -0.25) is 4.79 Å². The van der Waals surface area contributed by atoms with Crippen LogP contribution in [0.5, 0.6) is 0 Å². The van der Waals surface area contributed by atoms with Crippen LogP contribution >= 0.6 is 0 Å². The largest absolute Gasteiger partial charge is 0.479 e. The molecule has 0 saturated carbocycles. The van der Waals surface area contributed by atoms with E-state index in [0.717, 1.165) is 0 Å². The maximum atomic E-state index is 12.6. The predicted molar refractivity (Wildman–Crippen MR) is 106 cm³/mol. The number of carbonyl (C=O) groups is 2. The molecule has 31 heavy (non-hydrogen) atoms. The molecule has 2 aromatic carbocycles. The Morgan fingerprint density at radius 1 is 0.903 bits per heavy atom. The van der Waals surface area contributed by atoms with E-state index in [2.05, 4.69) is 0 Å². The number of aliphatic hydroxyl groups is 4. The van der Waals surface area contributed by atoms with Gasteiger partial charge in [-0.15, -0.1) is 0 Å². The molecule has 0 spiro atoms. The van der Waals surface area contributed by atoms with Crippen LogP contribution < -0.4 is 0 Å². The van der Waals surface area contributed by atoms with Crippen molar-refractivity contribution in [2.45, 2.75) is 49.7 Å². The van der Waals surface area contributed by atoms with Gasteiger partial charge in [0.1, 0.15) is 24.4 Å². The summed E-state index contributed by atoms with van der Waals surface area (Å²) >= 11 is 0. The molecular weight excluding hydrogens is 408 g/mol. The summed E-state index contributed by atoms with van der Waals surface area (Å²) in [6, 6.07) is 15.7. The molecule has 0 amide bonds. The second kappa shape index (κ2) is 9.54. The molecule has 0 aliphatic carbocycles. The summed E-state index contributed by atoms with van der Waals surface area (Å²) in [7, 11) is 0. The summed E-state index contributed by atoms with van der Waals surface area (Å²) < 4.78 is 10.1. The van der Waals surface area contributed by atoms with E-state index in [1.54, 1.807) is 48.5 Å². The molecule has 1 saturated heterocycles. The molecule has 1 fully saturated rings. The van der Waals surface area contributed by atoms with Gasteiger partial charge in [0.15, 0.2) is 6.10 Å². The molecule has 1 heterocycles. The average Bonchev–Trinajstić information content (AvgIpc) is 2.78. The number of aliphatic carboxylic acids is 1. The summed E-state index contributed by atoms with van der Waals surface area (Å²) in [5.41, 5.74) is 1.75. The van der Waals surface area contributed by atoms with Gasteiger partial charge in [0.2, 0.25) is 6.29 Å². The van der Waals surface area contributed by atoms with Gasteiger partial charge in [0, 0.05) is 0 Å². The Labute approximate surface area is 178 Å². The van der Waals surface area contributed by atoms with E-state index in [-0.39, 0.29) is 0 Å². The van der Waals surface area contributed by atoms with Gasteiger partial charge in [-0.2, -0.15) is 0 Å². The van der Waals surface area contributed by atoms with Crippen molar-refractivity contribution in [2.24, 2.45) is 0 Å². The minimum atomic E-state index is -1.88. The highest BCUT2D eigenvalue weighted by atomic mass is 16.7. The number of hydrogen-bond acceptors (Lipinski definition) is 8. The van der Waals surface area contributed by atoms with Crippen LogP contribution in [-0.4, -0.2) is 68.2 Å². The van der Waals surface area contributed by atoms with Crippen molar-refractivity contribution in [3.05, 3.63) is 71.3 Å². The van der Waals surface area contributed by atoms with Gasteiger partial charge in [0.05, 0.1) is 5.92 Å². The quantitative estimate of drug-likeness (QED) is 0.406. The molecule has 0 radical (unpaired) electrons. The van der Waals surface area contributed by atoms with Crippen LogP contribution in [0.25, 0.3) is 0 Å². The first-order valence-corrected chi connectivity index (χ1v) is 9.66. The van der Waals surface area contributed by atoms with E-state index in [1.165, 1.54) is 6.92 Å². The number of carboxylic acids is 1. The van der Waals surface area contributed by atoms with Crippen LogP contribution in [-0.2, 0) is 19.1 Å². The first-order chi connectivity index (χ1) is 14.7. The fourth-order valence-corrected chi connectivity index (χ4v) is 3.33. The molecule has 166 valence electrons. The number of rotatable bonds is 6. The molecule has 9 heteroatoms. The van der Waals surface area contributed by atoms with Crippen molar-refractivity contribution in [1.82, 2.24) is 0 Å². The molecule has 5 N–H and O–H groups in total. The Morgan fingerprint density at radius 2 is 1.52 bits per heavy atom. The van der Waals surface area contributed by atoms with E-state index in [0.29, 0.717) is 16.7 Å². The highest BCUT2D eigenvalue weighted by Crippen LogP contribution is 2.28. The average molecular weight is 432 g/mol. The van der Waals surface area contributed by atoms with Crippen molar-refractivity contribution < 1.29 is 44.6 Å². The maximum Gasteiger partial charge on any atom is 0.335 e. The standard InChI is InChI=1S/C22H24O9/c1-11(13-8-5-9-14(10-13)15(23)12-6-3-2-4-7-12)21(29)31-22-18(26)16(24)17(25)19(30-22)20(27)28/h2-11,15-19,22-26H,1H3,(H,27,28)/t11?,15?,16-,17-,18+,19-,22-/m0/s1. The summed E-state index contributed by atoms with van der Waals surface area (Å²) in [6.45, 7) is 1.53. The van der Waals surface area contributed by atoms with E-state index in [9.17, 15) is 30.0 Å². The van der Waals surface area contributed by atoms with Gasteiger partial charge >= 0.3 is 11.9 Å². The zero-order valence-electron chi connectivity index (χ0n) is 16.6. The lowest BCUT2D eigenvalue weighted by Gasteiger charge is -2.38. The number of hydrogen-bond donors (Lipinski definition) is 5. The summed E-state index contributed by atoms with van der Waals surface area (Å²) in [4.78, 5) is 23.8. The van der Waals surface area contributed by atoms with Gasteiger partial charge in [-0.05, 0) is 23.6 Å². The predicted octanol–water partition coefficient (Wildman–Crippen LogP) is 0.307. The Bertz CT molecular complexity index is 916. The lowest BCUT2D eigenvalue weighted by atomic mass is 9.95. The SMILES string of the molecule is CC(C(=O)O[C@@H]1O[C@H](C(=O)O)[C@@H](O)[C@H](O)[C@H]1O)c1cccc(C(O)c2ccccc2)c1. The highest BCUT2D eigenvalue weighted by Gasteiger charge is 2.48. The van der Waals surface area contributed by atoms with Crippen LogP contribution in [0, 0.1) is 0 Å². The molecule has 7 atom stereocenters. The molecule has 3 rings (SSSR count). The molecule has 9 nitrogen and oxygen atoms in total. The number of carbonyl (C=O) groups excluding carboxylic acids is 1. The van der Waals surface area contributed by atoms with Crippen molar-refractivity contribution >= 4 is 11.9 Å². The summed E-state index contributed by atoms with van der Waals surface area (Å²) in [5, 5.41) is 49.3. The topological polar surface area (TPSA) is 154 Å². The summed E-state index contributed by atoms with van der Waals surface area (Å²) in [6.07, 6.45) is -10.1. The minimum absolute atomic E-state index is 0.512. The number of benzene rings is 2. The number of esters is 1. The van der Waals surface area contributed by atoms with E-state index < -0.39 is 54.7 Å². The third-order valence-electron chi connectivity index (χ3n) is 5.24. The summed E-state index contributed by atoms with van der Waals surface area (Å²) in [5.74, 6) is -3.27. The second-order valence-corrected chi connectivity index (χ2v) is 7.38. The smallest absolute Gasteiger partial charge is 0.335 e. The van der Waals surface area contributed by atoms with Crippen molar-refractivity contribution in [3.63, 3.8) is 0 Å². The van der Waals surface area contributed by atoms with Crippen LogP contribution in [0.4, 0.5) is 0 Å². The van der Waals surface area contributed by atoms with E-state index in [4.69, 9.17) is 14.6 Å². The Hall–Kier alpha value is -2.82. The van der Waals surface area contributed by atoms with Crippen molar-refractivity contribution in [3.8, 4) is 0 Å². The van der Waals surface area contributed by atoms with Gasteiger partial charge in [0.25, 0.3) is 0 Å². The monoisotopic (exact) mass is 432 g/mol. The van der Waals surface area contributed by atoms with Gasteiger partial charge in [-0.1, -0.05) is 54.6 Å². The molecule has 2 aromatic rings. The molecule has 2 unspecified atom stereocenters. The minimum Gasteiger partial charge on any atom is -0.479 e. The lowest BCUT2D eigenvalue weighted by molar-refractivity contribution is -0.286. The van der Waals surface area contributed by atoms with Crippen LogP contribution in [0.15, 0.2) is 54.6 Å². The first kappa shape index (κ1) is 22.9.